The SMILES string of the molecule is NCC1=C(F)CC=CC1. The van der Waals surface area contributed by atoms with E-state index in [9.17, 15) is 4.39 Å². The van der Waals surface area contributed by atoms with Gasteiger partial charge in [0.05, 0.1) is 0 Å². The van der Waals surface area contributed by atoms with E-state index in [4.69, 9.17) is 5.73 Å². The number of allylic oxidation sites excluding steroid dienone is 3. The molecule has 0 aromatic heterocycles. The van der Waals surface area contributed by atoms with Gasteiger partial charge in [-0.1, -0.05) is 12.2 Å². The summed E-state index contributed by atoms with van der Waals surface area (Å²) in [5.41, 5.74) is 6.01. The van der Waals surface area contributed by atoms with Gasteiger partial charge in [-0.15, -0.1) is 0 Å². The van der Waals surface area contributed by atoms with Crippen molar-refractivity contribution in [1.29, 1.82) is 0 Å². The van der Waals surface area contributed by atoms with Crippen molar-refractivity contribution in [3.05, 3.63) is 23.6 Å². The van der Waals surface area contributed by atoms with Crippen molar-refractivity contribution in [3.8, 4) is 0 Å². The Bertz CT molecular complexity index is 158. The predicted molar refractivity (Wildman–Crippen MR) is 35.6 cm³/mol. The van der Waals surface area contributed by atoms with Crippen LogP contribution in [0.15, 0.2) is 23.6 Å². The molecule has 0 fully saturated rings. The summed E-state index contributed by atoms with van der Waals surface area (Å²) >= 11 is 0. The lowest BCUT2D eigenvalue weighted by Crippen LogP contribution is -2.05. The minimum Gasteiger partial charge on any atom is -0.327 e. The van der Waals surface area contributed by atoms with Gasteiger partial charge in [0.25, 0.3) is 0 Å². The Morgan fingerprint density at radius 3 is 2.56 bits per heavy atom. The molecule has 1 rings (SSSR count). The summed E-state index contributed by atoms with van der Waals surface area (Å²) in [4.78, 5) is 0. The summed E-state index contributed by atoms with van der Waals surface area (Å²) in [6, 6.07) is 0. The molecule has 0 aromatic rings. The Morgan fingerprint density at radius 1 is 1.44 bits per heavy atom. The highest BCUT2D eigenvalue weighted by Crippen LogP contribution is 2.18. The zero-order chi connectivity index (χ0) is 6.69. The van der Waals surface area contributed by atoms with Gasteiger partial charge in [0.1, 0.15) is 5.83 Å². The van der Waals surface area contributed by atoms with Crippen LogP contribution in [-0.4, -0.2) is 6.54 Å². The molecule has 0 spiro atoms. The van der Waals surface area contributed by atoms with Crippen LogP contribution in [0.5, 0.6) is 0 Å². The Labute approximate surface area is 54.0 Å². The van der Waals surface area contributed by atoms with Crippen LogP contribution in [0, 0.1) is 0 Å². The normalized spacial score (nSPS) is 18.9. The highest BCUT2D eigenvalue weighted by atomic mass is 19.1. The molecular formula is C7H10FN. The van der Waals surface area contributed by atoms with Crippen LogP contribution in [0.1, 0.15) is 12.8 Å². The zero-order valence-corrected chi connectivity index (χ0v) is 5.23. The molecule has 0 amide bonds. The van der Waals surface area contributed by atoms with Gasteiger partial charge >= 0.3 is 0 Å². The predicted octanol–water partition coefficient (Wildman–Crippen LogP) is 1.52. The van der Waals surface area contributed by atoms with Crippen LogP contribution >= 0.6 is 0 Å². The second-order valence-electron chi connectivity index (χ2n) is 2.09. The van der Waals surface area contributed by atoms with Gasteiger partial charge in [-0.05, 0) is 12.0 Å². The molecule has 0 saturated carbocycles. The van der Waals surface area contributed by atoms with E-state index in [1.165, 1.54) is 0 Å². The molecule has 0 aromatic carbocycles. The maximum atomic E-state index is 12.6. The maximum Gasteiger partial charge on any atom is 0.104 e. The van der Waals surface area contributed by atoms with Crippen molar-refractivity contribution in [2.24, 2.45) is 5.73 Å². The molecule has 0 radical (unpaired) electrons. The van der Waals surface area contributed by atoms with E-state index in [-0.39, 0.29) is 5.83 Å². The first kappa shape index (κ1) is 6.49. The minimum atomic E-state index is -0.0417. The summed E-state index contributed by atoms with van der Waals surface area (Å²) in [6.45, 7) is 0.357. The van der Waals surface area contributed by atoms with Crippen molar-refractivity contribution in [1.82, 2.24) is 0 Å². The number of nitrogens with two attached hydrogens (primary N) is 1. The Kier molecular flexibility index (Phi) is 2.01. The smallest absolute Gasteiger partial charge is 0.104 e. The first-order chi connectivity index (χ1) is 4.34. The van der Waals surface area contributed by atoms with Crippen LogP contribution in [-0.2, 0) is 0 Å². The summed E-state index contributed by atoms with van der Waals surface area (Å²) in [6.07, 6.45) is 4.91. The molecule has 0 aliphatic heterocycles. The molecule has 2 heteroatoms. The molecule has 1 aliphatic rings. The third kappa shape index (κ3) is 1.39. The molecule has 9 heavy (non-hydrogen) atoms. The molecule has 1 nitrogen and oxygen atoms in total. The van der Waals surface area contributed by atoms with Gasteiger partial charge in [0.2, 0.25) is 0 Å². The van der Waals surface area contributed by atoms with Crippen LogP contribution in [0.4, 0.5) is 4.39 Å². The van der Waals surface area contributed by atoms with Gasteiger partial charge in [-0.2, -0.15) is 0 Å². The monoisotopic (exact) mass is 127 g/mol. The van der Waals surface area contributed by atoms with Gasteiger partial charge in [-0.3, -0.25) is 0 Å². The number of hydrogen-bond acceptors (Lipinski definition) is 1. The Balaban J connectivity index is 2.64. The second kappa shape index (κ2) is 2.78. The van der Waals surface area contributed by atoms with Crippen molar-refractivity contribution in [2.75, 3.05) is 6.54 Å². The fourth-order valence-electron chi connectivity index (χ4n) is 0.862. The number of rotatable bonds is 1. The molecule has 2 N–H and O–H groups in total. The molecule has 1 aliphatic carbocycles. The summed E-state index contributed by atoms with van der Waals surface area (Å²) in [7, 11) is 0. The van der Waals surface area contributed by atoms with Crippen LogP contribution in [0.25, 0.3) is 0 Å². The molecule has 0 heterocycles. The molecule has 50 valence electrons. The molecule has 0 unspecified atom stereocenters. The number of hydrogen-bond donors (Lipinski definition) is 1. The fourth-order valence-corrected chi connectivity index (χ4v) is 0.862. The van der Waals surface area contributed by atoms with Gasteiger partial charge in [0.15, 0.2) is 0 Å². The molecule has 0 bridgehead atoms. The third-order valence-electron chi connectivity index (χ3n) is 1.46. The van der Waals surface area contributed by atoms with Gasteiger partial charge < -0.3 is 5.73 Å². The summed E-state index contributed by atoms with van der Waals surface area (Å²) < 4.78 is 12.6. The Hall–Kier alpha value is -0.630. The zero-order valence-electron chi connectivity index (χ0n) is 5.23. The van der Waals surface area contributed by atoms with Crippen LogP contribution in [0.3, 0.4) is 0 Å². The molecular weight excluding hydrogens is 117 g/mol. The van der Waals surface area contributed by atoms with E-state index in [0.717, 1.165) is 5.57 Å². The first-order valence-electron chi connectivity index (χ1n) is 3.06. The van der Waals surface area contributed by atoms with E-state index < -0.39 is 0 Å². The largest absolute Gasteiger partial charge is 0.327 e. The quantitative estimate of drug-likeness (QED) is 0.531. The first-order valence-corrected chi connectivity index (χ1v) is 3.06. The van der Waals surface area contributed by atoms with E-state index in [1.54, 1.807) is 0 Å². The summed E-state index contributed by atoms with van der Waals surface area (Å²) in [5.74, 6) is -0.0417. The fraction of sp³-hybridized carbons (Fsp3) is 0.429. The van der Waals surface area contributed by atoms with Gasteiger partial charge in [-0.25, -0.2) is 4.39 Å². The highest BCUT2D eigenvalue weighted by molar-refractivity contribution is 5.20. The van der Waals surface area contributed by atoms with Crippen LogP contribution in [0.2, 0.25) is 0 Å². The average molecular weight is 127 g/mol. The lowest BCUT2D eigenvalue weighted by molar-refractivity contribution is 0.592. The van der Waals surface area contributed by atoms with Crippen molar-refractivity contribution < 1.29 is 4.39 Å². The van der Waals surface area contributed by atoms with Crippen molar-refractivity contribution in [3.63, 3.8) is 0 Å². The van der Waals surface area contributed by atoms with Crippen molar-refractivity contribution in [2.45, 2.75) is 12.8 Å². The van der Waals surface area contributed by atoms with Crippen LogP contribution < -0.4 is 5.73 Å². The van der Waals surface area contributed by atoms with E-state index in [1.807, 2.05) is 12.2 Å². The lowest BCUT2D eigenvalue weighted by atomic mass is 10.1. The number of halogens is 1. The standard InChI is InChI=1S/C7H10FN/c8-7-4-2-1-3-6(7)5-9/h1-2H,3-5,9H2. The van der Waals surface area contributed by atoms with Gasteiger partial charge in [0, 0.05) is 13.0 Å². The van der Waals surface area contributed by atoms with E-state index in [0.29, 0.717) is 19.4 Å². The summed E-state index contributed by atoms with van der Waals surface area (Å²) in [5, 5.41) is 0. The Morgan fingerprint density at radius 2 is 2.11 bits per heavy atom. The second-order valence-corrected chi connectivity index (χ2v) is 2.09. The highest BCUT2D eigenvalue weighted by Gasteiger charge is 2.04. The van der Waals surface area contributed by atoms with Crippen molar-refractivity contribution >= 4 is 0 Å². The molecule has 0 atom stereocenters. The minimum absolute atomic E-state index is 0.0417. The average Bonchev–Trinajstić information content (AvgIpc) is 1.89. The topological polar surface area (TPSA) is 26.0 Å². The maximum absolute atomic E-state index is 12.6. The van der Waals surface area contributed by atoms with E-state index >= 15 is 0 Å². The lowest BCUT2D eigenvalue weighted by Gasteiger charge is -2.06. The molecule has 0 saturated heterocycles. The van der Waals surface area contributed by atoms with E-state index in [2.05, 4.69) is 0 Å². The third-order valence-corrected chi connectivity index (χ3v) is 1.46.